The van der Waals surface area contributed by atoms with Crippen molar-refractivity contribution in [3.63, 3.8) is 0 Å². The first-order chi connectivity index (χ1) is 11.9. The lowest BCUT2D eigenvalue weighted by Gasteiger charge is -2.04. The van der Waals surface area contributed by atoms with Crippen LogP contribution in [0.5, 0.6) is 0 Å². The van der Waals surface area contributed by atoms with E-state index < -0.39 is 0 Å². The number of halogens is 2. The Labute approximate surface area is 147 Å². The number of Topliss-reactive ketones (excluding diaryl/α,β-unsaturated/α-hetero) is 1. The van der Waals surface area contributed by atoms with Gasteiger partial charge in [-0.2, -0.15) is 0 Å². The molecule has 0 saturated heterocycles. The van der Waals surface area contributed by atoms with Gasteiger partial charge in [0.15, 0.2) is 0 Å². The zero-order valence-electron chi connectivity index (χ0n) is 14.5. The first-order valence-electron chi connectivity index (χ1n) is 8.80. The molecule has 2 aliphatic rings. The molecule has 0 amide bonds. The Balaban J connectivity index is 0.000000150. The van der Waals surface area contributed by atoms with Crippen LogP contribution in [-0.4, -0.2) is 5.78 Å². The molecule has 0 radical (unpaired) electrons. The zero-order valence-corrected chi connectivity index (χ0v) is 14.5. The molecule has 0 atom stereocenters. The van der Waals surface area contributed by atoms with Crippen LogP contribution in [0.3, 0.4) is 0 Å². The predicted octanol–water partition coefficient (Wildman–Crippen LogP) is 4.34. The Hall–Kier alpha value is -2.23. The van der Waals surface area contributed by atoms with E-state index in [0.29, 0.717) is 5.56 Å². The molecule has 2 aromatic carbocycles. The van der Waals surface area contributed by atoms with Crippen molar-refractivity contribution in [1.82, 2.24) is 0 Å². The van der Waals surface area contributed by atoms with Gasteiger partial charge in [0.1, 0.15) is 17.4 Å². The van der Waals surface area contributed by atoms with Gasteiger partial charge in [0.25, 0.3) is 0 Å². The number of anilines is 1. The predicted molar refractivity (Wildman–Crippen MR) is 95.6 cm³/mol. The summed E-state index contributed by atoms with van der Waals surface area (Å²) >= 11 is 0. The summed E-state index contributed by atoms with van der Waals surface area (Å²) in [5.41, 5.74) is 11.0. The van der Waals surface area contributed by atoms with Crippen molar-refractivity contribution in [3.05, 3.63) is 63.7 Å². The maximum Gasteiger partial charge on any atom is 0.146 e. The first-order valence-corrected chi connectivity index (χ1v) is 8.80. The maximum absolute atomic E-state index is 13.5. The standard InChI is InChI=1S/C12H13FO.C9H10FN/c1-8(14)5-11-6-9-3-2-4-10(9)7-12(11)13;10-8-4-6-2-1-3-7(6)5-9(8)11/h6-7H,2-5H2,1H3;4-5H,1-3,11H2. The van der Waals surface area contributed by atoms with Crippen molar-refractivity contribution in [2.24, 2.45) is 0 Å². The highest BCUT2D eigenvalue weighted by atomic mass is 19.1. The van der Waals surface area contributed by atoms with E-state index >= 15 is 0 Å². The molecule has 0 saturated carbocycles. The van der Waals surface area contributed by atoms with Gasteiger partial charge < -0.3 is 5.73 Å². The second kappa shape index (κ2) is 7.34. The van der Waals surface area contributed by atoms with E-state index in [2.05, 4.69) is 0 Å². The molecule has 4 heteroatoms. The summed E-state index contributed by atoms with van der Waals surface area (Å²) in [6.45, 7) is 1.49. The van der Waals surface area contributed by atoms with Gasteiger partial charge in [-0.3, -0.25) is 4.79 Å². The summed E-state index contributed by atoms with van der Waals surface area (Å²) < 4.78 is 26.3. The highest BCUT2D eigenvalue weighted by molar-refractivity contribution is 5.78. The van der Waals surface area contributed by atoms with Gasteiger partial charge in [-0.25, -0.2) is 8.78 Å². The van der Waals surface area contributed by atoms with Crippen LogP contribution in [-0.2, 0) is 36.9 Å². The van der Waals surface area contributed by atoms with Gasteiger partial charge in [0.2, 0.25) is 0 Å². The molecular formula is C21H23F2NO. The molecule has 2 N–H and O–H groups in total. The maximum atomic E-state index is 13.5. The van der Waals surface area contributed by atoms with Crippen molar-refractivity contribution in [3.8, 4) is 0 Å². The molecule has 2 nitrogen and oxygen atoms in total. The Morgan fingerprint density at radius 1 is 0.880 bits per heavy atom. The SMILES string of the molecule is CC(=O)Cc1cc2c(cc1F)CCC2.Nc1cc2c(cc1F)CCC2. The fourth-order valence-electron chi connectivity index (χ4n) is 3.66. The summed E-state index contributed by atoms with van der Waals surface area (Å²) in [7, 11) is 0. The molecule has 0 fully saturated rings. The number of rotatable bonds is 2. The largest absolute Gasteiger partial charge is 0.396 e. The number of aryl methyl sites for hydroxylation is 4. The van der Waals surface area contributed by atoms with E-state index in [1.165, 1.54) is 18.1 Å². The van der Waals surface area contributed by atoms with E-state index in [9.17, 15) is 13.6 Å². The molecule has 0 aliphatic heterocycles. The van der Waals surface area contributed by atoms with Crippen molar-refractivity contribution in [1.29, 1.82) is 0 Å². The van der Waals surface area contributed by atoms with Crippen LogP contribution >= 0.6 is 0 Å². The van der Waals surface area contributed by atoms with Gasteiger partial charge in [-0.05, 0) is 91.5 Å². The molecule has 25 heavy (non-hydrogen) atoms. The number of fused-ring (bicyclic) bond motifs is 2. The smallest absolute Gasteiger partial charge is 0.146 e. The molecule has 2 aromatic rings. The molecule has 0 bridgehead atoms. The topological polar surface area (TPSA) is 43.1 Å². The Morgan fingerprint density at radius 3 is 1.92 bits per heavy atom. The molecular weight excluding hydrogens is 320 g/mol. The fourth-order valence-corrected chi connectivity index (χ4v) is 3.66. The summed E-state index contributed by atoms with van der Waals surface area (Å²) in [5.74, 6) is -0.478. The quantitative estimate of drug-likeness (QED) is 0.824. The van der Waals surface area contributed by atoms with Gasteiger partial charge >= 0.3 is 0 Å². The summed E-state index contributed by atoms with van der Waals surface area (Å²) in [6.07, 6.45) is 6.54. The molecule has 2 aliphatic carbocycles. The van der Waals surface area contributed by atoms with Crippen molar-refractivity contribution >= 4 is 11.5 Å². The van der Waals surface area contributed by atoms with E-state index in [0.717, 1.165) is 49.7 Å². The third-order valence-electron chi connectivity index (χ3n) is 4.91. The number of carbonyl (C=O) groups is 1. The summed E-state index contributed by atoms with van der Waals surface area (Å²) in [4.78, 5) is 10.9. The van der Waals surface area contributed by atoms with Crippen LogP contribution in [0, 0.1) is 11.6 Å². The van der Waals surface area contributed by atoms with E-state index in [4.69, 9.17) is 5.73 Å². The van der Waals surface area contributed by atoms with E-state index in [-0.39, 0.29) is 29.5 Å². The molecule has 0 unspecified atom stereocenters. The molecule has 0 spiro atoms. The lowest BCUT2D eigenvalue weighted by atomic mass is 10.0. The minimum atomic E-state index is -0.273. The number of nitrogen functional groups attached to an aromatic ring is 1. The van der Waals surface area contributed by atoms with Crippen LogP contribution in [0.4, 0.5) is 14.5 Å². The normalized spacial score (nSPS) is 14.5. The van der Waals surface area contributed by atoms with Crippen LogP contribution in [0.2, 0.25) is 0 Å². The van der Waals surface area contributed by atoms with Crippen LogP contribution in [0.15, 0.2) is 24.3 Å². The number of nitrogens with two attached hydrogens (primary N) is 1. The van der Waals surface area contributed by atoms with Gasteiger partial charge in [0, 0.05) is 6.42 Å². The van der Waals surface area contributed by atoms with Gasteiger partial charge in [-0.1, -0.05) is 6.07 Å². The molecule has 0 heterocycles. The zero-order chi connectivity index (χ0) is 18.0. The second-order valence-electron chi connectivity index (χ2n) is 6.94. The third-order valence-corrected chi connectivity index (χ3v) is 4.91. The average molecular weight is 343 g/mol. The third kappa shape index (κ3) is 4.06. The van der Waals surface area contributed by atoms with E-state index in [1.54, 1.807) is 18.2 Å². The average Bonchev–Trinajstić information content (AvgIpc) is 3.17. The van der Waals surface area contributed by atoms with Crippen molar-refractivity contribution in [2.45, 2.75) is 51.9 Å². The van der Waals surface area contributed by atoms with E-state index in [1.807, 2.05) is 6.07 Å². The fraction of sp³-hybridized carbons (Fsp3) is 0.381. The monoisotopic (exact) mass is 343 g/mol. The van der Waals surface area contributed by atoms with Crippen LogP contribution < -0.4 is 5.73 Å². The Bertz CT molecular complexity index is 785. The highest BCUT2D eigenvalue weighted by Crippen LogP contribution is 2.26. The van der Waals surface area contributed by atoms with Crippen LogP contribution in [0.1, 0.15) is 47.6 Å². The Morgan fingerprint density at radius 2 is 1.36 bits per heavy atom. The number of hydrogen-bond acceptors (Lipinski definition) is 2. The summed E-state index contributed by atoms with van der Waals surface area (Å²) in [6, 6.07) is 6.79. The highest BCUT2D eigenvalue weighted by Gasteiger charge is 2.15. The minimum absolute atomic E-state index is 0.0156. The summed E-state index contributed by atoms with van der Waals surface area (Å²) in [5, 5.41) is 0. The minimum Gasteiger partial charge on any atom is -0.396 e. The molecule has 132 valence electrons. The van der Waals surface area contributed by atoms with Crippen molar-refractivity contribution in [2.75, 3.05) is 5.73 Å². The Kier molecular flexibility index (Phi) is 5.16. The second-order valence-corrected chi connectivity index (χ2v) is 6.94. The van der Waals surface area contributed by atoms with Gasteiger partial charge in [0.05, 0.1) is 5.69 Å². The number of ketones is 1. The molecule has 4 rings (SSSR count). The van der Waals surface area contributed by atoms with Crippen LogP contribution in [0.25, 0.3) is 0 Å². The number of carbonyl (C=O) groups excluding carboxylic acids is 1. The first kappa shape index (κ1) is 17.6. The van der Waals surface area contributed by atoms with Gasteiger partial charge in [-0.15, -0.1) is 0 Å². The number of hydrogen-bond donors (Lipinski definition) is 1. The lowest BCUT2D eigenvalue weighted by Crippen LogP contribution is -2.01. The lowest BCUT2D eigenvalue weighted by molar-refractivity contribution is -0.116. The number of benzene rings is 2. The van der Waals surface area contributed by atoms with Crippen molar-refractivity contribution < 1.29 is 13.6 Å². The molecule has 0 aromatic heterocycles.